The molecule has 8 nitrogen and oxygen atoms in total. The summed E-state index contributed by atoms with van der Waals surface area (Å²) < 4.78 is 16.2. The first-order valence-electron chi connectivity index (χ1n) is 9.86. The summed E-state index contributed by atoms with van der Waals surface area (Å²) in [5, 5.41) is 9.30. The summed E-state index contributed by atoms with van der Waals surface area (Å²) >= 11 is 0. The molecular formula is C20H32N4O4. The first-order valence-corrected chi connectivity index (χ1v) is 9.86. The van der Waals surface area contributed by atoms with Gasteiger partial charge >= 0.3 is 0 Å². The van der Waals surface area contributed by atoms with E-state index in [1.54, 1.807) is 25.3 Å². The van der Waals surface area contributed by atoms with Gasteiger partial charge in [-0.05, 0) is 38.0 Å². The number of nitrogens with one attached hydrogen (secondary N) is 3. The van der Waals surface area contributed by atoms with Crippen LogP contribution in [0.4, 0.5) is 0 Å². The zero-order valence-electron chi connectivity index (χ0n) is 16.8. The van der Waals surface area contributed by atoms with Gasteiger partial charge in [-0.2, -0.15) is 0 Å². The molecule has 156 valence electrons. The molecule has 1 saturated heterocycles. The van der Waals surface area contributed by atoms with Gasteiger partial charge in [0.1, 0.15) is 5.75 Å². The standard InChI is InChI=1S/C20H32N4O4/c1-3-21-20(23-9-5-12-28-18-8-13-27-15-18)24-11-10-22-19(25)16-6-4-7-17(14-16)26-2/h4,6-7,14,18H,3,5,8-13,15H2,1-2H3,(H,22,25)(H2,21,23,24). The summed E-state index contributed by atoms with van der Waals surface area (Å²) in [4.78, 5) is 16.7. The van der Waals surface area contributed by atoms with Crippen molar-refractivity contribution in [1.82, 2.24) is 16.0 Å². The molecule has 1 heterocycles. The maximum atomic E-state index is 12.2. The molecular weight excluding hydrogens is 360 g/mol. The first kappa shape index (κ1) is 22.0. The van der Waals surface area contributed by atoms with Crippen molar-refractivity contribution in [3.05, 3.63) is 29.8 Å². The fourth-order valence-corrected chi connectivity index (χ4v) is 2.71. The van der Waals surface area contributed by atoms with E-state index in [1.165, 1.54) is 0 Å². The molecule has 1 amide bonds. The van der Waals surface area contributed by atoms with Crippen LogP contribution in [-0.4, -0.2) is 71.1 Å². The van der Waals surface area contributed by atoms with Gasteiger partial charge in [-0.25, -0.2) is 0 Å². The number of aliphatic imine (C=N–C) groups is 1. The Kier molecular flexibility index (Phi) is 10.2. The largest absolute Gasteiger partial charge is 0.497 e. The molecule has 0 aromatic heterocycles. The number of hydrogen-bond acceptors (Lipinski definition) is 5. The van der Waals surface area contributed by atoms with Crippen molar-refractivity contribution >= 4 is 11.9 Å². The highest BCUT2D eigenvalue weighted by Gasteiger charge is 2.15. The second kappa shape index (κ2) is 13.0. The highest BCUT2D eigenvalue weighted by Crippen LogP contribution is 2.12. The SMILES string of the molecule is CCNC(=NCCCOC1CCOC1)NCCNC(=O)c1cccc(OC)c1. The van der Waals surface area contributed by atoms with Crippen molar-refractivity contribution in [2.75, 3.05) is 53.1 Å². The molecule has 1 aliphatic heterocycles. The van der Waals surface area contributed by atoms with E-state index in [0.29, 0.717) is 44.2 Å². The lowest BCUT2D eigenvalue weighted by Gasteiger charge is -2.12. The quantitative estimate of drug-likeness (QED) is 0.297. The number of hydrogen-bond donors (Lipinski definition) is 3. The van der Waals surface area contributed by atoms with Crippen molar-refractivity contribution in [2.45, 2.75) is 25.9 Å². The van der Waals surface area contributed by atoms with E-state index in [-0.39, 0.29) is 12.0 Å². The van der Waals surface area contributed by atoms with Gasteiger partial charge in [-0.1, -0.05) is 6.07 Å². The van der Waals surface area contributed by atoms with Gasteiger partial charge in [0.25, 0.3) is 5.91 Å². The molecule has 2 rings (SSSR count). The Morgan fingerprint density at radius 1 is 1.29 bits per heavy atom. The Balaban J connectivity index is 1.63. The summed E-state index contributed by atoms with van der Waals surface area (Å²) in [6, 6.07) is 7.08. The van der Waals surface area contributed by atoms with Crippen molar-refractivity contribution in [3.63, 3.8) is 0 Å². The summed E-state index contributed by atoms with van der Waals surface area (Å²) in [6.07, 6.45) is 2.08. The monoisotopic (exact) mass is 392 g/mol. The molecule has 1 aliphatic rings. The third-order valence-corrected chi connectivity index (χ3v) is 4.19. The van der Waals surface area contributed by atoms with Crippen molar-refractivity contribution in [1.29, 1.82) is 0 Å². The molecule has 1 unspecified atom stereocenters. The predicted molar refractivity (Wildman–Crippen MR) is 109 cm³/mol. The highest BCUT2D eigenvalue weighted by atomic mass is 16.5. The molecule has 0 saturated carbocycles. The Morgan fingerprint density at radius 3 is 2.89 bits per heavy atom. The van der Waals surface area contributed by atoms with E-state index >= 15 is 0 Å². The number of carbonyl (C=O) groups is 1. The molecule has 1 aromatic carbocycles. The van der Waals surface area contributed by atoms with Crippen LogP contribution < -0.4 is 20.7 Å². The third-order valence-electron chi connectivity index (χ3n) is 4.19. The number of amides is 1. The summed E-state index contributed by atoms with van der Waals surface area (Å²) in [5.74, 6) is 1.27. The molecule has 1 atom stereocenters. The average Bonchev–Trinajstić information content (AvgIpc) is 3.24. The molecule has 0 spiro atoms. The third kappa shape index (κ3) is 8.14. The number of nitrogens with zero attached hydrogens (tertiary/aromatic N) is 1. The molecule has 28 heavy (non-hydrogen) atoms. The number of benzene rings is 1. The fourth-order valence-electron chi connectivity index (χ4n) is 2.71. The lowest BCUT2D eigenvalue weighted by Crippen LogP contribution is -2.41. The summed E-state index contributed by atoms with van der Waals surface area (Å²) in [7, 11) is 1.58. The van der Waals surface area contributed by atoms with E-state index in [0.717, 1.165) is 32.0 Å². The van der Waals surface area contributed by atoms with Gasteiger partial charge in [0.05, 0.1) is 19.8 Å². The molecule has 1 fully saturated rings. The van der Waals surface area contributed by atoms with Gasteiger partial charge in [0.2, 0.25) is 0 Å². The van der Waals surface area contributed by atoms with Crippen LogP contribution in [0.25, 0.3) is 0 Å². The topological polar surface area (TPSA) is 93.2 Å². The number of carbonyl (C=O) groups excluding carboxylic acids is 1. The average molecular weight is 393 g/mol. The fraction of sp³-hybridized carbons (Fsp3) is 0.600. The predicted octanol–water partition coefficient (Wildman–Crippen LogP) is 1.18. The van der Waals surface area contributed by atoms with Crippen molar-refractivity contribution in [2.24, 2.45) is 4.99 Å². The zero-order valence-corrected chi connectivity index (χ0v) is 16.8. The molecule has 0 bridgehead atoms. The molecule has 3 N–H and O–H groups in total. The van der Waals surface area contributed by atoms with Crippen LogP contribution in [0.2, 0.25) is 0 Å². The summed E-state index contributed by atoms with van der Waals surface area (Å²) in [6.45, 7) is 6.73. The van der Waals surface area contributed by atoms with Gasteiger partial charge in [0.15, 0.2) is 5.96 Å². The lowest BCUT2D eigenvalue weighted by atomic mass is 10.2. The van der Waals surface area contributed by atoms with E-state index in [9.17, 15) is 4.79 Å². The van der Waals surface area contributed by atoms with Crippen LogP contribution in [0.5, 0.6) is 5.75 Å². The minimum Gasteiger partial charge on any atom is -0.497 e. The number of guanidine groups is 1. The van der Waals surface area contributed by atoms with Crippen molar-refractivity contribution in [3.8, 4) is 5.75 Å². The van der Waals surface area contributed by atoms with Crippen LogP contribution in [0, 0.1) is 0 Å². The molecule has 8 heteroatoms. The van der Waals surface area contributed by atoms with E-state index < -0.39 is 0 Å². The summed E-state index contributed by atoms with van der Waals surface area (Å²) in [5.41, 5.74) is 0.576. The van der Waals surface area contributed by atoms with Gasteiger partial charge < -0.3 is 30.2 Å². The first-order chi connectivity index (χ1) is 13.7. The van der Waals surface area contributed by atoms with Crippen LogP contribution in [0.15, 0.2) is 29.3 Å². The highest BCUT2D eigenvalue weighted by molar-refractivity contribution is 5.94. The minimum atomic E-state index is -0.129. The lowest BCUT2D eigenvalue weighted by molar-refractivity contribution is 0.0424. The van der Waals surface area contributed by atoms with Gasteiger partial charge in [-0.3, -0.25) is 9.79 Å². The molecule has 1 aromatic rings. The minimum absolute atomic E-state index is 0.129. The van der Waals surface area contributed by atoms with Crippen LogP contribution in [0.3, 0.4) is 0 Å². The Morgan fingerprint density at radius 2 is 2.14 bits per heavy atom. The van der Waals surface area contributed by atoms with E-state index in [4.69, 9.17) is 14.2 Å². The number of ether oxygens (including phenoxy) is 3. The maximum Gasteiger partial charge on any atom is 0.251 e. The normalized spacial score (nSPS) is 16.6. The van der Waals surface area contributed by atoms with E-state index in [2.05, 4.69) is 20.9 Å². The van der Waals surface area contributed by atoms with Crippen molar-refractivity contribution < 1.29 is 19.0 Å². The number of methoxy groups -OCH3 is 1. The maximum absolute atomic E-state index is 12.2. The van der Waals surface area contributed by atoms with Gasteiger partial charge in [0, 0.05) is 45.0 Å². The zero-order chi connectivity index (χ0) is 20.0. The molecule has 0 radical (unpaired) electrons. The van der Waals surface area contributed by atoms with Gasteiger partial charge in [-0.15, -0.1) is 0 Å². The Bertz CT molecular complexity index is 618. The second-order valence-corrected chi connectivity index (χ2v) is 6.39. The van der Waals surface area contributed by atoms with Crippen LogP contribution >= 0.6 is 0 Å². The molecule has 0 aliphatic carbocycles. The second-order valence-electron chi connectivity index (χ2n) is 6.39. The smallest absolute Gasteiger partial charge is 0.251 e. The number of rotatable bonds is 11. The van der Waals surface area contributed by atoms with Crippen LogP contribution in [-0.2, 0) is 9.47 Å². The van der Waals surface area contributed by atoms with E-state index in [1.807, 2.05) is 13.0 Å². The Hall–Kier alpha value is -2.32. The Labute approximate surface area is 167 Å². The van der Waals surface area contributed by atoms with Crippen LogP contribution in [0.1, 0.15) is 30.1 Å².